The van der Waals surface area contributed by atoms with Crippen LogP contribution >= 0.6 is 0 Å². The molecule has 2 heterocycles. The van der Waals surface area contributed by atoms with Crippen molar-refractivity contribution >= 4 is 11.6 Å². The molecule has 0 saturated carbocycles. The highest BCUT2D eigenvalue weighted by Gasteiger charge is 2.24. The second kappa shape index (κ2) is 7.58. The average Bonchev–Trinajstić information content (AvgIpc) is 3.24. The fourth-order valence-electron chi connectivity index (χ4n) is 3.50. The van der Waals surface area contributed by atoms with Gasteiger partial charge in [-0.3, -0.25) is 4.79 Å². The van der Waals surface area contributed by atoms with E-state index in [1.807, 2.05) is 19.9 Å². The molecule has 0 saturated heterocycles. The van der Waals surface area contributed by atoms with Crippen LogP contribution in [0.25, 0.3) is 5.69 Å². The molecule has 0 spiro atoms. The van der Waals surface area contributed by atoms with E-state index in [1.54, 1.807) is 31.2 Å². The number of nitrogens with zero attached hydrogens (tertiary/aromatic N) is 2. The summed E-state index contributed by atoms with van der Waals surface area (Å²) >= 11 is 0. The first kappa shape index (κ1) is 19.0. The molecule has 6 nitrogen and oxygen atoms in total. The van der Waals surface area contributed by atoms with Crippen molar-refractivity contribution in [1.82, 2.24) is 9.78 Å². The van der Waals surface area contributed by atoms with Gasteiger partial charge in [-0.2, -0.15) is 5.10 Å². The number of fused-ring (bicyclic) bond motifs is 1. The lowest BCUT2D eigenvalue weighted by Crippen LogP contribution is -2.14. The maximum absolute atomic E-state index is 14.1. The predicted molar refractivity (Wildman–Crippen MR) is 108 cm³/mol. The zero-order valence-corrected chi connectivity index (χ0v) is 16.5. The SMILES string of the molecule is CCOc1cc2c(cc1NC(=O)c1cnn(-c3ccccc3F)c1C)OC(C)C2. The van der Waals surface area contributed by atoms with Crippen LogP contribution in [0, 0.1) is 12.7 Å². The van der Waals surface area contributed by atoms with Gasteiger partial charge >= 0.3 is 0 Å². The van der Waals surface area contributed by atoms with Crippen LogP contribution in [-0.2, 0) is 6.42 Å². The third-order valence-corrected chi connectivity index (χ3v) is 4.88. The van der Waals surface area contributed by atoms with Gasteiger partial charge in [0, 0.05) is 18.1 Å². The topological polar surface area (TPSA) is 65.4 Å². The van der Waals surface area contributed by atoms with E-state index in [1.165, 1.54) is 16.9 Å². The van der Waals surface area contributed by atoms with E-state index in [0.29, 0.717) is 35.0 Å². The first-order valence-electron chi connectivity index (χ1n) is 9.55. The Morgan fingerprint density at radius 1 is 1.38 bits per heavy atom. The van der Waals surface area contributed by atoms with Crippen LogP contribution < -0.4 is 14.8 Å². The van der Waals surface area contributed by atoms with Crippen LogP contribution in [0.3, 0.4) is 0 Å². The third-order valence-electron chi connectivity index (χ3n) is 4.88. The van der Waals surface area contributed by atoms with Crippen molar-refractivity contribution in [3.63, 3.8) is 0 Å². The van der Waals surface area contributed by atoms with Crippen molar-refractivity contribution in [2.75, 3.05) is 11.9 Å². The lowest BCUT2D eigenvalue weighted by Gasteiger charge is -2.13. The van der Waals surface area contributed by atoms with Gasteiger partial charge in [0.15, 0.2) is 0 Å². The smallest absolute Gasteiger partial charge is 0.259 e. The van der Waals surface area contributed by atoms with Crippen molar-refractivity contribution in [1.29, 1.82) is 0 Å². The van der Waals surface area contributed by atoms with Crippen LogP contribution in [0.4, 0.5) is 10.1 Å². The van der Waals surface area contributed by atoms with E-state index in [9.17, 15) is 9.18 Å². The molecule has 0 bridgehead atoms. The Morgan fingerprint density at radius 2 is 2.17 bits per heavy atom. The number of benzene rings is 2. The summed E-state index contributed by atoms with van der Waals surface area (Å²) in [7, 11) is 0. The van der Waals surface area contributed by atoms with Gasteiger partial charge in [-0.15, -0.1) is 0 Å². The molecule has 7 heteroatoms. The lowest BCUT2D eigenvalue weighted by atomic mass is 10.1. The molecule has 4 rings (SSSR count). The fraction of sp³-hybridized carbons (Fsp3) is 0.273. The Bertz CT molecular complexity index is 1080. The molecule has 1 N–H and O–H groups in total. The standard InChI is InChI=1S/C22H22FN3O3/c1-4-28-21-10-15-9-13(2)29-20(15)11-18(21)25-22(27)16-12-24-26(14(16)3)19-8-6-5-7-17(19)23/h5-8,10-13H,4,9H2,1-3H3,(H,25,27). The second-order valence-corrected chi connectivity index (χ2v) is 6.98. The zero-order valence-electron chi connectivity index (χ0n) is 16.5. The van der Waals surface area contributed by atoms with Gasteiger partial charge in [-0.25, -0.2) is 9.07 Å². The number of hydrogen-bond donors (Lipinski definition) is 1. The van der Waals surface area contributed by atoms with E-state index in [2.05, 4.69) is 10.4 Å². The quantitative estimate of drug-likeness (QED) is 0.700. The number of ether oxygens (including phenoxy) is 2. The number of aromatic nitrogens is 2. The molecule has 1 atom stereocenters. The largest absolute Gasteiger partial charge is 0.492 e. The van der Waals surface area contributed by atoms with Gasteiger partial charge in [-0.1, -0.05) is 12.1 Å². The van der Waals surface area contributed by atoms with E-state index < -0.39 is 5.82 Å². The molecule has 0 radical (unpaired) electrons. The number of amides is 1. The Morgan fingerprint density at radius 3 is 2.93 bits per heavy atom. The van der Waals surface area contributed by atoms with Gasteiger partial charge in [0.25, 0.3) is 5.91 Å². The first-order valence-corrected chi connectivity index (χ1v) is 9.55. The van der Waals surface area contributed by atoms with E-state index in [0.717, 1.165) is 17.7 Å². The fourth-order valence-corrected chi connectivity index (χ4v) is 3.50. The summed E-state index contributed by atoms with van der Waals surface area (Å²) in [6.07, 6.45) is 2.33. The molecular weight excluding hydrogens is 373 g/mol. The Balaban J connectivity index is 1.64. The molecule has 1 aromatic heterocycles. The van der Waals surface area contributed by atoms with Crippen LogP contribution in [0.2, 0.25) is 0 Å². The van der Waals surface area contributed by atoms with Gasteiger partial charge in [-0.05, 0) is 39.0 Å². The lowest BCUT2D eigenvalue weighted by molar-refractivity contribution is 0.102. The number of hydrogen-bond acceptors (Lipinski definition) is 4. The minimum atomic E-state index is -0.408. The van der Waals surface area contributed by atoms with Gasteiger partial charge in [0.05, 0.1) is 29.7 Å². The summed E-state index contributed by atoms with van der Waals surface area (Å²) in [5.41, 5.74) is 2.77. The number of halogens is 1. The number of rotatable bonds is 5. The molecule has 1 aliphatic rings. The highest BCUT2D eigenvalue weighted by Crippen LogP contribution is 2.38. The van der Waals surface area contributed by atoms with E-state index in [4.69, 9.17) is 9.47 Å². The molecule has 29 heavy (non-hydrogen) atoms. The Kier molecular flexibility index (Phi) is 4.96. The summed E-state index contributed by atoms with van der Waals surface area (Å²) in [6, 6.07) is 10.0. The highest BCUT2D eigenvalue weighted by atomic mass is 19.1. The highest BCUT2D eigenvalue weighted by molar-refractivity contribution is 6.05. The van der Waals surface area contributed by atoms with Gasteiger partial charge < -0.3 is 14.8 Å². The summed E-state index contributed by atoms with van der Waals surface area (Å²) in [5, 5.41) is 7.08. The molecule has 1 unspecified atom stereocenters. The van der Waals surface area contributed by atoms with Crippen molar-refractivity contribution in [3.8, 4) is 17.2 Å². The summed E-state index contributed by atoms with van der Waals surface area (Å²) < 4.78 is 27.1. The van der Waals surface area contributed by atoms with Crippen molar-refractivity contribution in [2.45, 2.75) is 33.3 Å². The number of anilines is 1. The molecule has 0 aliphatic carbocycles. The van der Waals surface area contributed by atoms with Crippen LogP contribution in [0.15, 0.2) is 42.6 Å². The second-order valence-electron chi connectivity index (χ2n) is 6.98. The Labute approximate surface area is 168 Å². The summed E-state index contributed by atoms with van der Waals surface area (Å²) in [6.45, 7) is 6.09. The van der Waals surface area contributed by atoms with Crippen LogP contribution in [0.5, 0.6) is 11.5 Å². The minimum absolute atomic E-state index is 0.0895. The third kappa shape index (κ3) is 3.55. The maximum Gasteiger partial charge on any atom is 0.259 e. The molecular formula is C22H22FN3O3. The van der Waals surface area contributed by atoms with Crippen molar-refractivity contribution in [2.24, 2.45) is 0 Å². The van der Waals surface area contributed by atoms with Gasteiger partial charge in [0.1, 0.15) is 29.1 Å². The minimum Gasteiger partial charge on any atom is -0.492 e. The number of carbonyl (C=O) groups is 1. The normalized spacial score (nSPS) is 15.0. The molecule has 1 aliphatic heterocycles. The maximum atomic E-state index is 14.1. The van der Waals surface area contributed by atoms with Crippen molar-refractivity contribution in [3.05, 3.63) is 65.2 Å². The Hall–Kier alpha value is -3.35. The van der Waals surface area contributed by atoms with Gasteiger partial charge in [0.2, 0.25) is 0 Å². The van der Waals surface area contributed by atoms with Crippen LogP contribution in [-0.4, -0.2) is 28.4 Å². The zero-order chi connectivity index (χ0) is 20.5. The van der Waals surface area contributed by atoms with Crippen LogP contribution in [0.1, 0.15) is 35.5 Å². The number of carbonyl (C=O) groups excluding carboxylic acids is 1. The van der Waals surface area contributed by atoms with E-state index in [-0.39, 0.29) is 12.0 Å². The first-order chi connectivity index (χ1) is 14.0. The van der Waals surface area contributed by atoms with Crippen molar-refractivity contribution < 1.29 is 18.7 Å². The predicted octanol–water partition coefficient (Wildman–Crippen LogP) is 4.29. The van der Waals surface area contributed by atoms with E-state index >= 15 is 0 Å². The molecule has 150 valence electrons. The monoisotopic (exact) mass is 395 g/mol. The average molecular weight is 395 g/mol. The molecule has 0 fully saturated rings. The number of nitrogens with one attached hydrogen (secondary N) is 1. The molecule has 2 aromatic carbocycles. The number of para-hydroxylation sites is 1. The summed E-state index contributed by atoms with van der Waals surface area (Å²) in [4.78, 5) is 12.9. The molecule has 1 amide bonds. The molecule has 3 aromatic rings. The summed E-state index contributed by atoms with van der Waals surface area (Å²) in [5.74, 6) is 0.581.